The Hall–Kier alpha value is -4.71. The Bertz CT molecular complexity index is 1680. The molecule has 0 saturated heterocycles. The minimum absolute atomic E-state index is 0.0981. The zero-order valence-corrected chi connectivity index (χ0v) is 49.0. The van der Waals surface area contributed by atoms with Crippen LogP contribution in [-0.4, -0.2) is 37.2 Å². The Morgan fingerprint density at radius 2 is 0.513 bits per heavy atom. The lowest BCUT2D eigenvalue weighted by atomic mass is 10.1. The van der Waals surface area contributed by atoms with Crippen LogP contribution in [0.3, 0.4) is 0 Å². The molecule has 0 aliphatic rings. The monoisotopic (exact) mass is 1050 g/mol. The van der Waals surface area contributed by atoms with Crippen molar-refractivity contribution >= 4 is 17.9 Å². The summed E-state index contributed by atoms with van der Waals surface area (Å²) >= 11 is 0. The standard InChI is InChI=1S/C70H112O6/c1-4-7-10-13-16-19-22-24-26-28-30-32-33-34-35-36-37-39-40-42-44-46-48-51-54-57-60-63-69(72)75-66-67(65-74-68(71)62-59-56-53-50-21-18-15-12-9-6-3)76-70(73)64-61-58-55-52-49-47-45-43-41-38-31-29-27-25-23-20-17-14-11-8-5-2/h7-8,10-12,15-17,19-20,24-27,30-32,34-35,37-39,43,45,67H,4-6,9,13-14,18,21-23,28-29,33,36,40-42,44,46-66H2,1-3H3/b10-7-,11-8-,15-12-,19-16-,20-17-,26-24-,27-25-,32-30-,35-34-,38-31-,39-37-,45-43-. The van der Waals surface area contributed by atoms with E-state index in [9.17, 15) is 14.4 Å². The first kappa shape index (κ1) is 71.3. The molecule has 0 aliphatic heterocycles. The van der Waals surface area contributed by atoms with Gasteiger partial charge in [0.15, 0.2) is 6.10 Å². The maximum absolute atomic E-state index is 12.9. The molecule has 1 unspecified atom stereocenters. The molecule has 428 valence electrons. The molecule has 0 aliphatic carbocycles. The topological polar surface area (TPSA) is 78.9 Å². The van der Waals surface area contributed by atoms with Gasteiger partial charge in [0.2, 0.25) is 0 Å². The lowest BCUT2D eigenvalue weighted by Gasteiger charge is -2.18. The molecule has 0 spiro atoms. The second kappa shape index (κ2) is 62.8. The molecule has 0 aromatic heterocycles. The normalized spacial score (nSPS) is 13.1. The van der Waals surface area contributed by atoms with Crippen LogP contribution in [0, 0.1) is 0 Å². The summed E-state index contributed by atoms with van der Waals surface area (Å²) in [6.45, 7) is 6.31. The molecule has 0 aromatic carbocycles. The van der Waals surface area contributed by atoms with Gasteiger partial charge in [-0.15, -0.1) is 0 Å². The predicted octanol–water partition coefficient (Wildman–Crippen LogP) is 21.2. The molecule has 0 rings (SSSR count). The van der Waals surface area contributed by atoms with E-state index in [0.717, 1.165) is 173 Å². The zero-order chi connectivity index (χ0) is 55.0. The third kappa shape index (κ3) is 60.2. The number of hydrogen-bond donors (Lipinski definition) is 0. The van der Waals surface area contributed by atoms with Crippen LogP contribution in [0.15, 0.2) is 146 Å². The van der Waals surface area contributed by atoms with Crippen LogP contribution in [-0.2, 0) is 28.6 Å². The number of carbonyl (C=O) groups is 3. The quantitative estimate of drug-likeness (QED) is 0.0261. The second-order valence-electron chi connectivity index (χ2n) is 19.8. The third-order valence-corrected chi connectivity index (χ3v) is 12.5. The predicted molar refractivity (Wildman–Crippen MR) is 329 cm³/mol. The van der Waals surface area contributed by atoms with Crippen molar-refractivity contribution in [2.24, 2.45) is 0 Å². The minimum Gasteiger partial charge on any atom is -0.462 e. The fourth-order valence-corrected chi connectivity index (χ4v) is 8.00. The van der Waals surface area contributed by atoms with Crippen LogP contribution < -0.4 is 0 Å². The van der Waals surface area contributed by atoms with Crippen molar-refractivity contribution in [1.29, 1.82) is 0 Å². The van der Waals surface area contributed by atoms with Crippen LogP contribution in [0.2, 0.25) is 0 Å². The molecule has 0 bridgehead atoms. The molecule has 6 nitrogen and oxygen atoms in total. The summed E-state index contributed by atoms with van der Waals surface area (Å²) in [5, 5.41) is 0. The zero-order valence-electron chi connectivity index (χ0n) is 49.0. The number of rotatable bonds is 54. The van der Waals surface area contributed by atoms with Crippen molar-refractivity contribution in [3.05, 3.63) is 146 Å². The molecule has 0 amide bonds. The van der Waals surface area contributed by atoms with Gasteiger partial charge >= 0.3 is 17.9 Å². The summed E-state index contributed by atoms with van der Waals surface area (Å²) < 4.78 is 16.8. The summed E-state index contributed by atoms with van der Waals surface area (Å²) in [4.78, 5) is 38.2. The van der Waals surface area contributed by atoms with Crippen LogP contribution in [0.1, 0.15) is 258 Å². The number of esters is 3. The first-order valence-electron chi connectivity index (χ1n) is 30.8. The highest BCUT2D eigenvalue weighted by molar-refractivity contribution is 5.71. The Labute approximate surface area is 467 Å². The molecule has 0 radical (unpaired) electrons. The van der Waals surface area contributed by atoms with Gasteiger partial charge in [-0.1, -0.05) is 250 Å². The van der Waals surface area contributed by atoms with Crippen molar-refractivity contribution in [1.82, 2.24) is 0 Å². The van der Waals surface area contributed by atoms with Gasteiger partial charge in [0.25, 0.3) is 0 Å². The van der Waals surface area contributed by atoms with Gasteiger partial charge in [0.05, 0.1) is 0 Å². The number of allylic oxidation sites excluding steroid dienone is 24. The number of carbonyl (C=O) groups excluding carboxylic acids is 3. The third-order valence-electron chi connectivity index (χ3n) is 12.5. The van der Waals surface area contributed by atoms with E-state index in [0.29, 0.717) is 19.3 Å². The van der Waals surface area contributed by atoms with Gasteiger partial charge in [-0.05, 0) is 135 Å². The van der Waals surface area contributed by atoms with Gasteiger partial charge in [0.1, 0.15) is 13.2 Å². The van der Waals surface area contributed by atoms with E-state index in [1.54, 1.807) is 0 Å². The van der Waals surface area contributed by atoms with E-state index >= 15 is 0 Å². The van der Waals surface area contributed by atoms with Gasteiger partial charge < -0.3 is 14.2 Å². The maximum Gasteiger partial charge on any atom is 0.306 e. The Morgan fingerprint density at radius 1 is 0.276 bits per heavy atom. The molecule has 0 saturated carbocycles. The molecular formula is C70H112O6. The fraction of sp³-hybridized carbons (Fsp3) is 0.614. The van der Waals surface area contributed by atoms with Crippen LogP contribution in [0.4, 0.5) is 0 Å². The van der Waals surface area contributed by atoms with Gasteiger partial charge in [0, 0.05) is 19.3 Å². The second-order valence-corrected chi connectivity index (χ2v) is 19.8. The van der Waals surface area contributed by atoms with E-state index < -0.39 is 6.10 Å². The molecule has 0 fully saturated rings. The van der Waals surface area contributed by atoms with E-state index in [-0.39, 0.29) is 31.1 Å². The molecule has 6 heteroatoms. The summed E-state index contributed by atoms with van der Waals surface area (Å²) in [5.74, 6) is -0.939. The fourth-order valence-electron chi connectivity index (χ4n) is 8.00. The smallest absolute Gasteiger partial charge is 0.306 e. The average molecular weight is 1050 g/mol. The highest BCUT2D eigenvalue weighted by Gasteiger charge is 2.19. The van der Waals surface area contributed by atoms with Crippen molar-refractivity contribution in [2.75, 3.05) is 13.2 Å². The lowest BCUT2D eigenvalue weighted by molar-refractivity contribution is -0.167. The number of unbranched alkanes of at least 4 members (excludes halogenated alkanes) is 19. The first-order valence-corrected chi connectivity index (χ1v) is 30.8. The van der Waals surface area contributed by atoms with Crippen molar-refractivity contribution in [2.45, 2.75) is 264 Å². The summed E-state index contributed by atoms with van der Waals surface area (Å²) in [6.07, 6.45) is 89.9. The average Bonchev–Trinajstić information content (AvgIpc) is 3.42. The van der Waals surface area contributed by atoms with Gasteiger partial charge in [-0.25, -0.2) is 0 Å². The van der Waals surface area contributed by atoms with Crippen LogP contribution >= 0.6 is 0 Å². The van der Waals surface area contributed by atoms with E-state index in [1.807, 2.05) is 0 Å². The van der Waals surface area contributed by atoms with E-state index in [2.05, 4.69) is 167 Å². The highest BCUT2D eigenvalue weighted by atomic mass is 16.6. The molecule has 0 heterocycles. The van der Waals surface area contributed by atoms with Crippen LogP contribution in [0.5, 0.6) is 0 Å². The van der Waals surface area contributed by atoms with E-state index in [1.165, 1.54) is 44.9 Å². The lowest BCUT2D eigenvalue weighted by Crippen LogP contribution is -2.30. The maximum atomic E-state index is 12.9. The molecule has 0 N–H and O–H groups in total. The van der Waals surface area contributed by atoms with Crippen molar-refractivity contribution in [3.8, 4) is 0 Å². The van der Waals surface area contributed by atoms with Gasteiger partial charge in [-0.3, -0.25) is 14.4 Å². The van der Waals surface area contributed by atoms with Crippen molar-refractivity contribution in [3.63, 3.8) is 0 Å². The molecule has 1 atom stereocenters. The van der Waals surface area contributed by atoms with Gasteiger partial charge in [-0.2, -0.15) is 0 Å². The number of ether oxygens (including phenoxy) is 3. The Balaban J connectivity index is 4.35. The van der Waals surface area contributed by atoms with Crippen LogP contribution in [0.25, 0.3) is 0 Å². The highest BCUT2D eigenvalue weighted by Crippen LogP contribution is 2.14. The summed E-state index contributed by atoms with van der Waals surface area (Å²) in [5.41, 5.74) is 0. The molecule has 76 heavy (non-hydrogen) atoms. The summed E-state index contributed by atoms with van der Waals surface area (Å²) in [6, 6.07) is 0. The SMILES string of the molecule is CC/C=C\C/C=C\C/C=C\C/C=C\C/C=C\C/C=C\CCCCCCCCCCC(=O)OCC(COC(=O)CCCCCCC/C=C\CCC)OC(=O)CCCCCCC/C=C\C/C=C\C/C=C\C/C=C\C/C=C\CC. The van der Waals surface area contributed by atoms with Crippen molar-refractivity contribution < 1.29 is 28.6 Å². The summed E-state index contributed by atoms with van der Waals surface area (Å²) in [7, 11) is 0. The molecule has 0 aromatic rings. The minimum atomic E-state index is -0.802. The Kier molecular flexibility index (Phi) is 58.9. The Morgan fingerprint density at radius 3 is 0.816 bits per heavy atom. The molecular weight excluding hydrogens is 937 g/mol. The first-order chi connectivity index (χ1) is 37.5. The number of hydrogen-bond acceptors (Lipinski definition) is 6. The largest absolute Gasteiger partial charge is 0.462 e. The van der Waals surface area contributed by atoms with E-state index in [4.69, 9.17) is 14.2 Å².